The molecule has 4 N–H and O–H groups in total. The summed E-state index contributed by atoms with van der Waals surface area (Å²) < 4.78 is 34.0. The maximum Gasteiger partial charge on any atom is 0.345 e. The molecular weight excluding hydrogens is 813 g/mol. The van der Waals surface area contributed by atoms with Crippen molar-refractivity contribution in [1.29, 1.82) is 0 Å². The Bertz CT molecular complexity index is 1990. The molecule has 4 aliphatic heterocycles. The van der Waals surface area contributed by atoms with Crippen LogP contribution in [0.4, 0.5) is 0 Å². The predicted octanol–water partition coefficient (Wildman–Crippen LogP) is 3.63. The molecule has 2 aromatic carbocycles. The molecular formula is C42H50N6O10S2. The molecule has 6 rings (SSSR count). The molecule has 4 atom stereocenters. The molecule has 2 unspecified atom stereocenters. The van der Waals surface area contributed by atoms with E-state index in [9.17, 15) is 19.2 Å². The van der Waals surface area contributed by atoms with Gasteiger partial charge in [0.1, 0.15) is 25.3 Å². The molecule has 0 radical (unpaired) electrons. The number of esters is 4. The fourth-order valence-corrected chi connectivity index (χ4v) is 8.19. The number of ether oxygens (including phenoxy) is 6. The third-order valence-electron chi connectivity index (χ3n) is 10.8. The minimum absolute atomic E-state index is 0.185. The van der Waals surface area contributed by atoms with Gasteiger partial charge in [-0.2, -0.15) is 0 Å². The maximum absolute atomic E-state index is 13.4. The number of likely N-dealkylation sites (tertiary alicyclic amines) is 2. The van der Waals surface area contributed by atoms with Crippen molar-refractivity contribution in [3.8, 4) is 23.0 Å². The van der Waals surface area contributed by atoms with Gasteiger partial charge in [0.15, 0.2) is 33.2 Å². The Labute approximate surface area is 359 Å². The summed E-state index contributed by atoms with van der Waals surface area (Å²) in [5.74, 6) is -0.920. The number of carbonyl (C=O) groups excluding carboxylic acids is 4. The molecule has 0 saturated carbocycles. The zero-order valence-corrected chi connectivity index (χ0v) is 36.0. The number of hydrogen-bond donors (Lipinski definition) is 4. The zero-order valence-electron chi connectivity index (χ0n) is 34.4. The highest BCUT2D eigenvalue weighted by Gasteiger charge is 2.38. The van der Waals surface area contributed by atoms with Crippen molar-refractivity contribution in [2.45, 2.75) is 63.7 Å². The number of carbonyl (C=O) groups is 4. The summed E-state index contributed by atoms with van der Waals surface area (Å²) >= 11 is 10.8. The lowest BCUT2D eigenvalue weighted by Crippen LogP contribution is -2.46. The Morgan fingerprint density at radius 3 is 1.42 bits per heavy atom. The molecule has 0 bridgehead atoms. The average molecular weight is 863 g/mol. The van der Waals surface area contributed by atoms with Crippen molar-refractivity contribution >= 4 is 58.5 Å². The number of likely N-dealkylation sites (N-methyl/N-ethyl adjacent to an activating group) is 2. The largest absolute Gasteiger partial charge is 0.493 e. The van der Waals surface area contributed by atoms with E-state index in [0.29, 0.717) is 68.6 Å². The van der Waals surface area contributed by atoms with Crippen LogP contribution in [-0.2, 0) is 28.7 Å². The molecule has 2 saturated heterocycles. The maximum atomic E-state index is 13.4. The minimum atomic E-state index is -0.755. The summed E-state index contributed by atoms with van der Waals surface area (Å²) in [5.41, 5.74) is 2.70. The van der Waals surface area contributed by atoms with Crippen molar-refractivity contribution < 1.29 is 47.6 Å². The van der Waals surface area contributed by atoms with Gasteiger partial charge in [0.05, 0.1) is 37.4 Å². The molecule has 0 aliphatic carbocycles. The number of nitrogens with zero attached hydrogens (tertiary/aromatic N) is 2. The monoisotopic (exact) mass is 862 g/mol. The minimum Gasteiger partial charge on any atom is -0.493 e. The number of thiocarbonyl (C=S) groups is 2. The molecule has 4 heterocycles. The highest BCUT2D eigenvalue weighted by Crippen LogP contribution is 2.37. The van der Waals surface area contributed by atoms with Crippen molar-refractivity contribution in [2.75, 3.05) is 54.6 Å². The standard InChI is InChI=1S/C42H50N6O10S2/c1-23-33(39(51)57-37(49)27-11-9-17-47(27)3)35(45-41(59)43-23)25-13-15-29(31(21-25)53-5)55-19-7-8-20-56-30-16-14-26(22-32(30)54-6)36-34(24(2)44-42(60)46-36)40(52)58-38(50)28-12-10-18-48(28)4/h7-8,13-16,21-22,27-28,35-36H,9-12,17-20H2,1-6H3,(H2,43,45,59)(H2,44,46,60)/b8-7+/t27-,28-,35?,36?/m0/s1. The number of rotatable bonds is 14. The average Bonchev–Trinajstić information content (AvgIpc) is 3.85. The normalized spacial score (nSPS) is 22.1. The zero-order chi connectivity index (χ0) is 43.1. The summed E-state index contributed by atoms with van der Waals surface area (Å²) in [4.78, 5) is 56.3. The van der Waals surface area contributed by atoms with Gasteiger partial charge in [-0.25, -0.2) is 19.2 Å². The first-order chi connectivity index (χ1) is 28.8. The van der Waals surface area contributed by atoms with Gasteiger partial charge in [0.25, 0.3) is 0 Å². The first-order valence-electron chi connectivity index (χ1n) is 19.5. The number of nitrogens with one attached hydrogen (secondary N) is 4. The number of methoxy groups -OCH3 is 2. The molecule has 60 heavy (non-hydrogen) atoms. The number of hydrogen-bond acceptors (Lipinski definition) is 14. The van der Waals surface area contributed by atoms with Crippen molar-refractivity contribution in [3.63, 3.8) is 0 Å². The van der Waals surface area contributed by atoms with Crippen LogP contribution in [0.2, 0.25) is 0 Å². The first kappa shape index (κ1) is 44.0. The second-order valence-electron chi connectivity index (χ2n) is 14.7. The van der Waals surface area contributed by atoms with Gasteiger partial charge in [-0.05, 0) is 139 Å². The van der Waals surface area contributed by atoms with Crippen LogP contribution in [0.25, 0.3) is 0 Å². The summed E-state index contributed by atoms with van der Waals surface area (Å²) in [6.45, 7) is 5.31. The van der Waals surface area contributed by atoms with E-state index in [4.69, 9.17) is 52.9 Å². The van der Waals surface area contributed by atoms with Gasteiger partial charge >= 0.3 is 23.9 Å². The van der Waals surface area contributed by atoms with Gasteiger partial charge in [-0.3, -0.25) is 9.80 Å². The quantitative estimate of drug-likeness (QED) is 0.0936. The second-order valence-corrected chi connectivity index (χ2v) is 15.6. The van der Waals surface area contributed by atoms with Crippen LogP contribution in [0.15, 0.2) is 71.1 Å². The van der Waals surface area contributed by atoms with Crippen LogP contribution in [-0.4, -0.2) is 111 Å². The lowest BCUT2D eigenvalue weighted by Gasteiger charge is -2.30. The third-order valence-corrected chi connectivity index (χ3v) is 11.3. The van der Waals surface area contributed by atoms with Crippen LogP contribution in [0.3, 0.4) is 0 Å². The number of benzene rings is 2. The smallest absolute Gasteiger partial charge is 0.345 e. The van der Waals surface area contributed by atoms with Crippen LogP contribution in [0, 0.1) is 0 Å². The third kappa shape index (κ3) is 10.1. The molecule has 4 aliphatic rings. The molecule has 0 amide bonds. The van der Waals surface area contributed by atoms with E-state index in [-0.39, 0.29) is 24.4 Å². The van der Waals surface area contributed by atoms with Gasteiger partial charge in [0.2, 0.25) is 0 Å². The Kier molecular flexibility index (Phi) is 14.4. The van der Waals surface area contributed by atoms with Crippen LogP contribution < -0.4 is 40.2 Å². The highest BCUT2D eigenvalue weighted by molar-refractivity contribution is 7.80. The van der Waals surface area contributed by atoms with Crippen molar-refractivity contribution in [3.05, 3.63) is 82.2 Å². The fourth-order valence-electron chi connectivity index (χ4n) is 7.65. The van der Waals surface area contributed by atoms with Crippen molar-refractivity contribution in [2.24, 2.45) is 0 Å². The topological polar surface area (TPSA) is 178 Å². The van der Waals surface area contributed by atoms with E-state index >= 15 is 0 Å². The van der Waals surface area contributed by atoms with Crippen molar-refractivity contribution in [1.82, 2.24) is 31.1 Å². The van der Waals surface area contributed by atoms with Gasteiger partial charge in [-0.15, -0.1) is 0 Å². The Morgan fingerprint density at radius 2 is 1.07 bits per heavy atom. The summed E-state index contributed by atoms with van der Waals surface area (Å²) in [5, 5.41) is 12.8. The molecule has 18 heteroatoms. The molecule has 320 valence electrons. The summed E-state index contributed by atoms with van der Waals surface area (Å²) in [6.07, 6.45) is 6.55. The molecule has 2 aromatic rings. The van der Waals surface area contributed by atoms with E-state index in [1.807, 2.05) is 23.9 Å². The highest BCUT2D eigenvalue weighted by atomic mass is 32.1. The SMILES string of the molecule is COc1cc(C2NC(=S)NC(C)=C2C(=O)OC(=O)[C@@H]2CCCN2C)ccc1OC/C=C/COc1ccc(C2NC(=S)NC(C)=C2C(=O)OC(=O)[C@@H]2CCCN2C)cc1OC. The molecule has 0 aromatic heterocycles. The van der Waals surface area contributed by atoms with E-state index < -0.39 is 48.0 Å². The van der Waals surface area contributed by atoms with Crippen LogP contribution in [0.5, 0.6) is 23.0 Å². The molecule has 2 fully saturated rings. The van der Waals surface area contributed by atoms with Crippen LogP contribution >= 0.6 is 24.4 Å². The fraction of sp³-hybridized carbons (Fsp3) is 0.429. The van der Waals surface area contributed by atoms with Gasteiger partial charge in [0, 0.05) is 11.4 Å². The summed E-state index contributed by atoms with van der Waals surface area (Å²) in [7, 11) is 6.69. The summed E-state index contributed by atoms with van der Waals surface area (Å²) in [6, 6.07) is 8.15. The van der Waals surface area contributed by atoms with E-state index in [1.165, 1.54) is 14.2 Å². The lowest BCUT2D eigenvalue weighted by atomic mass is 9.95. The lowest BCUT2D eigenvalue weighted by molar-refractivity contribution is -0.162. The predicted molar refractivity (Wildman–Crippen MR) is 228 cm³/mol. The first-order valence-corrected chi connectivity index (χ1v) is 20.4. The molecule has 0 spiro atoms. The second kappa shape index (κ2) is 19.7. The Balaban J connectivity index is 1.06. The van der Waals surface area contributed by atoms with E-state index in [2.05, 4.69) is 21.3 Å². The van der Waals surface area contributed by atoms with Crippen LogP contribution in [0.1, 0.15) is 62.7 Å². The van der Waals surface area contributed by atoms with Gasteiger partial charge < -0.3 is 49.7 Å². The number of allylic oxidation sites excluding steroid dienone is 2. The Morgan fingerprint density at radius 1 is 0.667 bits per heavy atom. The Hall–Kier alpha value is -5.56. The van der Waals surface area contributed by atoms with Gasteiger partial charge in [-0.1, -0.05) is 12.1 Å². The van der Waals surface area contributed by atoms with E-state index in [0.717, 1.165) is 25.9 Å². The molecule has 16 nitrogen and oxygen atoms in total. The van der Waals surface area contributed by atoms with E-state index in [1.54, 1.807) is 62.4 Å².